The number of thiophene rings is 1. The number of carbonyl (C=O) groups is 2. The number of ether oxygens (including phenoxy) is 1. The molecule has 0 spiro atoms. The van der Waals surface area contributed by atoms with Gasteiger partial charge in [0.05, 0.1) is 5.69 Å². The molecule has 1 heterocycles. The third-order valence-electron chi connectivity index (χ3n) is 2.56. The zero-order valence-electron chi connectivity index (χ0n) is 11.3. The van der Waals surface area contributed by atoms with E-state index in [4.69, 9.17) is 4.74 Å². The number of benzene rings is 1. The summed E-state index contributed by atoms with van der Waals surface area (Å²) in [5.41, 5.74) is 1.44. The molecule has 20 heavy (non-hydrogen) atoms. The van der Waals surface area contributed by atoms with Gasteiger partial charge in [-0.1, -0.05) is 30.3 Å². The van der Waals surface area contributed by atoms with Crippen LogP contribution in [0.25, 0.3) is 0 Å². The number of aryl methyl sites for hydroxylation is 1. The van der Waals surface area contributed by atoms with E-state index in [-0.39, 0.29) is 12.5 Å². The monoisotopic (exact) mass is 289 g/mol. The molecule has 0 aliphatic carbocycles. The van der Waals surface area contributed by atoms with Gasteiger partial charge < -0.3 is 10.1 Å². The minimum atomic E-state index is -0.421. The van der Waals surface area contributed by atoms with E-state index in [1.807, 2.05) is 37.3 Å². The van der Waals surface area contributed by atoms with Crippen LogP contribution in [0.1, 0.15) is 27.0 Å². The fourth-order valence-corrected chi connectivity index (χ4v) is 2.60. The van der Waals surface area contributed by atoms with Crippen LogP contribution in [0.3, 0.4) is 0 Å². The third-order valence-corrected chi connectivity index (χ3v) is 3.59. The van der Waals surface area contributed by atoms with Gasteiger partial charge in [0.1, 0.15) is 11.5 Å². The molecule has 1 aromatic carbocycles. The Balaban J connectivity index is 2.07. The highest BCUT2D eigenvalue weighted by molar-refractivity contribution is 7.14. The molecule has 2 aromatic rings. The van der Waals surface area contributed by atoms with Gasteiger partial charge in [0, 0.05) is 11.8 Å². The number of carbonyl (C=O) groups excluding carboxylic acids is 2. The van der Waals surface area contributed by atoms with Crippen LogP contribution in [-0.2, 0) is 16.1 Å². The van der Waals surface area contributed by atoms with Crippen molar-refractivity contribution in [3.05, 3.63) is 51.7 Å². The summed E-state index contributed by atoms with van der Waals surface area (Å²) in [6.45, 7) is 3.51. The van der Waals surface area contributed by atoms with Crippen molar-refractivity contribution in [3.8, 4) is 0 Å². The topological polar surface area (TPSA) is 55.4 Å². The Bertz CT molecular complexity index is 619. The van der Waals surface area contributed by atoms with Gasteiger partial charge in [0.2, 0.25) is 5.91 Å². The largest absolute Gasteiger partial charge is 0.457 e. The Hall–Kier alpha value is -2.14. The van der Waals surface area contributed by atoms with Gasteiger partial charge in [0.15, 0.2) is 0 Å². The molecule has 0 saturated heterocycles. The molecule has 0 bridgehead atoms. The van der Waals surface area contributed by atoms with Gasteiger partial charge in [-0.05, 0) is 18.6 Å². The number of amides is 1. The molecular weight excluding hydrogens is 274 g/mol. The summed E-state index contributed by atoms with van der Waals surface area (Å²) >= 11 is 1.31. The van der Waals surface area contributed by atoms with Crippen molar-refractivity contribution in [3.63, 3.8) is 0 Å². The zero-order valence-corrected chi connectivity index (χ0v) is 12.1. The molecule has 0 saturated carbocycles. The van der Waals surface area contributed by atoms with E-state index in [0.29, 0.717) is 10.6 Å². The zero-order chi connectivity index (χ0) is 14.5. The van der Waals surface area contributed by atoms with E-state index in [0.717, 1.165) is 10.4 Å². The minimum absolute atomic E-state index is 0.208. The van der Waals surface area contributed by atoms with Crippen molar-refractivity contribution >= 4 is 28.9 Å². The SMILES string of the molecule is CC(=O)Nc1cc(C)sc1C(=O)OCc1ccccc1. The first-order valence-electron chi connectivity index (χ1n) is 6.15. The molecule has 0 fully saturated rings. The number of hydrogen-bond acceptors (Lipinski definition) is 4. The van der Waals surface area contributed by atoms with Crippen LogP contribution in [0, 0.1) is 6.92 Å². The first kappa shape index (κ1) is 14.3. The Morgan fingerprint density at radius 3 is 2.60 bits per heavy atom. The molecule has 104 valence electrons. The second-order valence-electron chi connectivity index (χ2n) is 4.34. The molecule has 1 N–H and O–H groups in total. The minimum Gasteiger partial charge on any atom is -0.457 e. The Labute approximate surface area is 121 Å². The van der Waals surface area contributed by atoms with Crippen LogP contribution in [0.5, 0.6) is 0 Å². The first-order chi connectivity index (χ1) is 9.56. The maximum atomic E-state index is 12.1. The summed E-state index contributed by atoms with van der Waals surface area (Å²) in [6, 6.07) is 11.2. The van der Waals surface area contributed by atoms with E-state index in [9.17, 15) is 9.59 Å². The van der Waals surface area contributed by atoms with E-state index in [2.05, 4.69) is 5.32 Å². The Morgan fingerprint density at radius 1 is 1.25 bits per heavy atom. The van der Waals surface area contributed by atoms with Crippen LogP contribution in [0.15, 0.2) is 36.4 Å². The lowest BCUT2D eigenvalue weighted by molar-refractivity contribution is -0.114. The summed E-state index contributed by atoms with van der Waals surface area (Å²) in [7, 11) is 0. The second-order valence-corrected chi connectivity index (χ2v) is 5.60. The lowest BCUT2D eigenvalue weighted by atomic mass is 10.2. The highest BCUT2D eigenvalue weighted by Gasteiger charge is 2.17. The standard InChI is InChI=1S/C15H15NO3S/c1-10-8-13(16-11(2)17)14(20-10)15(18)19-9-12-6-4-3-5-7-12/h3-8H,9H2,1-2H3,(H,16,17). The van der Waals surface area contributed by atoms with Crippen LogP contribution in [-0.4, -0.2) is 11.9 Å². The van der Waals surface area contributed by atoms with E-state index >= 15 is 0 Å². The maximum absolute atomic E-state index is 12.1. The predicted molar refractivity (Wildman–Crippen MR) is 78.9 cm³/mol. The average Bonchev–Trinajstić information content (AvgIpc) is 2.77. The molecule has 1 amide bonds. The highest BCUT2D eigenvalue weighted by atomic mass is 32.1. The highest BCUT2D eigenvalue weighted by Crippen LogP contribution is 2.27. The van der Waals surface area contributed by atoms with Gasteiger partial charge in [-0.3, -0.25) is 4.79 Å². The smallest absolute Gasteiger partial charge is 0.350 e. The van der Waals surface area contributed by atoms with Crippen molar-refractivity contribution < 1.29 is 14.3 Å². The number of rotatable bonds is 4. The lowest BCUT2D eigenvalue weighted by Crippen LogP contribution is -2.10. The maximum Gasteiger partial charge on any atom is 0.350 e. The number of esters is 1. The van der Waals surface area contributed by atoms with Gasteiger partial charge in [-0.25, -0.2) is 4.79 Å². The molecule has 0 aliphatic rings. The second kappa shape index (κ2) is 6.34. The summed E-state index contributed by atoms with van der Waals surface area (Å²) in [4.78, 5) is 24.6. The van der Waals surface area contributed by atoms with E-state index in [1.54, 1.807) is 6.07 Å². The van der Waals surface area contributed by atoms with Gasteiger partial charge >= 0.3 is 5.97 Å². The fraction of sp³-hybridized carbons (Fsp3) is 0.200. The predicted octanol–water partition coefficient (Wildman–Crippen LogP) is 3.37. The van der Waals surface area contributed by atoms with Crippen molar-refractivity contribution in [1.82, 2.24) is 0 Å². The van der Waals surface area contributed by atoms with E-state index < -0.39 is 5.97 Å². The van der Waals surface area contributed by atoms with Crippen LogP contribution in [0.2, 0.25) is 0 Å². The quantitative estimate of drug-likeness (QED) is 0.878. The number of nitrogens with one attached hydrogen (secondary N) is 1. The van der Waals surface area contributed by atoms with Crippen molar-refractivity contribution in [2.45, 2.75) is 20.5 Å². The molecule has 1 aromatic heterocycles. The van der Waals surface area contributed by atoms with Crippen molar-refractivity contribution in [1.29, 1.82) is 0 Å². The molecule has 0 unspecified atom stereocenters. The molecule has 4 nitrogen and oxygen atoms in total. The molecule has 5 heteroatoms. The summed E-state index contributed by atoms with van der Waals surface area (Å²) in [5, 5.41) is 2.64. The Kier molecular flexibility index (Phi) is 4.53. The van der Waals surface area contributed by atoms with Crippen LogP contribution in [0.4, 0.5) is 5.69 Å². The van der Waals surface area contributed by atoms with Gasteiger partial charge in [0.25, 0.3) is 0 Å². The van der Waals surface area contributed by atoms with Crippen molar-refractivity contribution in [2.24, 2.45) is 0 Å². The number of anilines is 1. The molecule has 0 aliphatic heterocycles. The average molecular weight is 289 g/mol. The molecule has 0 atom stereocenters. The first-order valence-corrected chi connectivity index (χ1v) is 6.97. The fourth-order valence-electron chi connectivity index (χ4n) is 1.74. The van der Waals surface area contributed by atoms with Gasteiger partial charge in [-0.15, -0.1) is 11.3 Å². The molecular formula is C15H15NO3S. The summed E-state index contributed by atoms with van der Waals surface area (Å²) in [6.07, 6.45) is 0. The van der Waals surface area contributed by atoms with Crippen LogP contribution >= 0.6 is 11.3 Å². The summed E-state index contributed by atoms with van der Waals surface area (Å²) < 4.78 is 5.27. The molecule has 2 rings (SSSR count). The third kappa shape index (κ3) is 3.68. The van der Waals surface area contributed by atoms with E-state index in [1.165, 1.54) is 18.3 Å². The lowest BCUT2D eigenvalue weighted by Gasteiger charge is -2.06. The van der Waals surface area contributed by atoms with Crippen LogP contribution < -0.4 is 5.32 Å². The summed E-state index contributed by atoms with van der Waals surface area (Å²) in [5.74, 6) is -0.629. The Morgan fingerprint density at radius 2 is 1.95 bits per heavy atom. The normalized spacial score (nSPS) is 10.1. The van der Waals surface area contributed by atoms with Gasteiger partial charge in [-0.2, -0.15) is 0 Å². The van der Waals surface area contributed by atoms with Crippen molar-refractivity contribution in [2.75, 3.05) is 5.32 Å². The number of hydrogen-bond donors (Lipinski definition) is 1. The molecule has 0 radical (unpaired) electrons.